The Morgan fingerprint density at radius 2 is 1.89 bits per heavy atom. The first-order valence-electron chi connectivity index (χ1n) is 8.50. The molecule has 2 heterocycles. The summed E-state index contributed by atoms with van der Waals surface area (Å²) in [5.74, 6) is 1.49. The quantitative estimate of drug-likeness (QED) is 0.474. The second-order valence-corrected chi connectivity index (χ2v) is 6.83. The lowest BCUT2D eigenvalue weighted by Crippen LogP contribution is -2.12. The van der Waals surface area contributed by atoms with Crippen molar-refractivity contribution in [1.29, 1.82) is 0 Å². The van der Waals surface area contributed by atoms with Crippen LogP contribution in [0.5, 0.6) is 0 Å². The van der Waals surface area contributed by atoms with Crippen molar-refractivity contribution in [2.45, 2.75) is 23.8 Å². The first-order chi connectivity index (χ1) is 13.3. The molecule has 1 amide bonds. The summed E-state index contributed by atoms with van der Waals surface area (Å²) >= 11 is 1.51. The van der Waals surface area contributed by atoms with Crippen LogP contribution in [0, 0.1) is 0 Å². The van der Waals surface area contributed by atoms with Crippen LogP contribution in [0.25, 0.3) is 11.0 Å². The van der Waals surface area contributed by atoms with Gasteiger partial charge in [0.2, 0.25) is 11.8 Å². The number of aryl methyl sites for hydroxylation is 1. The maximum atomic E-state index is 12.0. The fraction of sp³-hybridized carbons (Fsp3) is 0.158. The summed E-state index contributed by atoms with van der Waals surface area (Å²) in [5.41, 5.74) is 2.70. The van der Waals surface area contributed by atoms with Crippen LogP contribution in [0.2, 0.25) is 0 Å². The number of fused-ring (bicyclic) bond motifs is 1. The molecule has 0 saturated heterocycles. The molecule has 0 aliphatic heterocycles. The van der Waals surface area contributed by atoms with Crippen molar-refractivity contribution in [3.05, 3.63) is 66.3 Å². The van der Waals surface area contributed by atoms with Crippen molar-refractivity contribution in [2.75, 3.05) is 5.32 Å². The Kier molecular flexibility index (Phi) is 5.15. The van der Waals surface area contributed by atoms with E-state index in [0.29, 0.717) is 23.9 Å². The van der Waals surface area contributed by atoms with Crippen LogP contribution in [-0.4, -0.2) is 26.0 Å². The van der Waals surface area contributed by atoms with Gasteiger partial charge in [0.1, 0.15) is 0 Å². The maximum Gasteiger partial charge on any atom is 0.227 e. The van der Waals surface area contributed by atoms with Crippen molar-refractivity contribution in [3.8, 4) is 0 Å². The van der Waals surface area contributed by atoms with E-state index < -0.39 is 0 Å². The van der Waals surface area contributed by atoms with Gasteiger partial charge in [0.25, 0.3) is 0 Å². The largest absolute Gasteiger partial charge is 0.339 e. The number of rotatable bonds is 7. The van der Waals surface area contributed by atoms with E-state index >= 15 is 0 Å². The number of thioether (sulfide) groups is 1. The van der Waals surface area contributed by atoms with Crippen LogP contribution in [0.3, 0.4) is 0 Å². The molecular formula is C19H17N5O2S. The Labute approximate surface area is 159 Å². The minimum absolute atomic E-state index is 0.0856. The standard InChI is InChI=1S/C19H17N5O2S/c25-17(20-13-6-2-1-3-7-13)10-11-18-23-16(24-26-18)12-27-19-21-14-8-4-5-9-15(14)22-19/h1-9H,10-12H2,(H,20,25)(H,21,22). The number of hydrogen-bond acceptors (Lipinski definition) is 6. The summed E-state index contributed by atoms with van der Waals surface area (Å²) in [6, 6.07) is 17.2. The number of nitrogens with one attached hydrogen (secondary N) is 2. The van der Waals surface area contributed by atoms with Gasteiger partial charge in [0.15, 0.2) is 11.0 Å². The molecule has 0 fully saturated rings. The SMILES string of the molecule is O=C(CCc1nc(CSc2nc3ccccc3[nH]2)no1)Nc1ccccc1. The number of aromatic nitrogens is 4. The summed E-state index contributed by atoms with van der Waals surface area (Å²) in [6.45, 7) is 0. The molecule has 4 aromatic rings. The van der Waals surface area contributed by atoms with Crippen molar-refractivity contribution < 1.29 is 9.32 Å². The lowest BCUT2D eigenvalue weighted by Gasteiger charge is -2.02. The fourth-order valence-corrected chi connectivity index (χ4v) is 3.27. The number of anilines is 1. The maximum absolute atomic E-state index is 12.0. The Hall–Kier alpha value is -3.13. The number of para-hydroxylation sites is 3. The molecule has 136 valence electrons. The van der Waals surface area contributed by atoms with Crippen LogP contribution in [0.15, 0.2) is 64.3 Å². The highest BCUT2D eigenvalue weighted by atomic mass is 32.2. The van der Waals surface area contributed by atoms with Crippen LogP contribution in [0.1, 0.15) is 18.1 Å². The van der Waals surface area contributed by atoms with E-state index in [1.807, 2.05) is 54.6 Å². The molecule has 27 heavy (non-hydrogen) atoms. The first-order valence-corrected chi connectivity index (χ1v) is 9.49. The van der Waals surface area contributed by atoms with Gasteiger partial charge in [-0.1, -0.05) is 47.3 Å². The molecule has 0 spiro atoms. The molecular weight excluding hydrogens is 362 g/mol. The lowest BCUT2D eigenvalue weighted by atomic mass is 10.2. The number of hydrogen-bond donors (Lipinski definition) is 2. The number of amides is 1. The summed E-state index contributed by atoms with van der Waals surface area (Å²) in [5, 5.41) is 7.61. The Bertz CT molecular complexity index is 1010. The second kappa shape index (κ2) is 8.05. The molecule has 0 bridgehead atoms. The third kappa shape index (κ3) is 4.53. The van der Waals surface area contributed by atoms with Crippen LogP contribution >= 0.6 is 11.8 Å². The first kappa shape index (κ1) is 17.3. The Morgan fingerprint density at radius 3 is 2.74 bits per heavy atom. The number of carbonyl (C=O) groups is 1. The average Bonchev–Trinajstić information content (AvgIpc) is 3.32. The van der Waals surface area contributed by atoms with Gasteiger partial charge in [0, 0.05) is 18.5 Å². The molecule has 7 nitrogen and oxygen atoms in total. The molecule has 0 unspecified atom stereocenters. The van der Waals surface area contributed by atoms with Gasteiger partial charge >= 0.3 is 0 Å². The smallest absolute Gasteiger partial charge is 0.227 e. The zero-order valence-corrected chi connectivity index (χ0v) is 15.2. The predicted molar refractivity (Wildman–Crippen MR) is 103 cm³/mol. The van der Waals surface area contributed by atoms with Crippen molar-refractivity contribution in [2.24, 2.45) is 0 Å². The third-order valence-corrected chi connectivity index (χ3v) is 4.71. The number of nitrogens with zero attached hydrogens (tertiary/aromatic N) is 3. The fourth-order valence-electron chi connectivity index (χ4n) is 2.55. The summed E-state index contributed by atoms with van der Waals surface area (Å²) in [7, 11) is 0. The third-order valence-electron chi connectivity index (χ3n) is 3.84. The van der Waals surface area contributed by atoms with E-state index in [-0.39, 0.29) is 12.3 Å². The number of imidazole rings is 1. The number of benzene rings is 2. The second-order valence-electron chi connectivity index (χ2n) is 5.87. The molecule has 0 saturated carbocycles. The summed E-state index contributed by atoms with van der Waals surface area (Å²) < 4.78 is 5.23. The predicted octanol–water partition coefficient (Wildman–Crippen LogP) is 3.81. The number of carbonyl (C=O) groups excluding carboxylic acids is 1. The van der Waals surface area contributed by atoms with E-state index in [2.05, 4.69) is 25.4 Å². The highest BCUT2D eigenvalue weighted by Gasteiger charge is 2.11. The van der Waals surface area contributed by atoms with E-state index in [9.17, 15) is 4.79 Å². The Balaban J connectivity index is 1.27. The Morgan fingerprint density at radius 1 is 1.07 bits per heavy atom. The van der Waals surface area contributed by atoms with Crippen molar-refractivity contribution >= 4 is 34.4 Å². The van der Waals surface area contributed by atoms with E-state index in [1.54, 1.807) is 0 Å². The molecule has 8 heteroatoms. The zero-order valence-electron chi connectivity index (χ0n) is 14.4. The minimum Gasteiger partial charge on any atom is -0.339 e. The van der Waals surface area contributed by atoms with E-state index in [1.165, 1.54) is 11.8 Å². The topological polar surface area (TPSA) is 96.7 Å². The molecule has 2 aromatic heterocycles. The molecule has 4 rings (SSSR count). The lowest BCUT2D eigenvalue weighted by molar-refractivity contribution is -0.116. The van der Waals surface area contributed by atoms with Gasteiger partial charge in [-0.2, -0.15) is 4.98 Å². The van der Waals surface area contributed by atoms with E-state index in [0.717, 1.165) is 21.9 Å². The van der Waals surface area contributed by atoms with Crippen LogP contribution in [-0.2, 0) is 17.0 Å². The number of aromatic amines is 1. The van der Waals surface area contributed by atoms with E-state index in [4.69, 9.17) is 4.52 Å². The minimum atomic E-state index is -0.0856. The van der Waals surface area contributed by atoms with Gasteiger partial charge in [-0.25, -0.2) is 4.98 Å². The molecule has 2 aromatic carbocycles. The molecule has 2 N–H and O–H groups in total. The molecule has 0 radical (unpaired) electrons. The van der Waals surface area contributed by atoms with Crippen molar-refractivity contribution in [1.82, 2.24) is 20.1 Å². The molecule has 0 aliphatic carbocycles. The van der Waals surface area contributed by atoms with Gasteiger partial charge in [0.05, 0.1) is 16.8 Å². The normalized spacial score (nSPS) is 11.0. The number of H-pyrrole nitrogens is 1. The summed E-state index contributed by atoms with van der Waals surface area (Å²) in [6.07, 6.45) is 0.689. The monoisotopic (exact) mass is 379 g/mol. The van der Waals surface area contributed by atoms with Gasteiger partial charge < -0.3 is 14.8 Å². The molecule has 0 aliphatic rings. The highest BCUT2D eigenvalue weighted by Crippen LogP contribution is 2.22. The van der Waals surface area contributed by atoms with Gasteiger partial charge in [-0.05, 0) is 24.3 Å². The van der Waals surface area contributed by atoms with Gasteiger partial charge in [-0.15, -0.1) is 0 Å². The van der Waals surface area contributed by atoms with Crippen LogP contribution < -0.4 is 5.32 Å². The molecule has 0 atom stereocenters. The average molecular weight is 379 g/mol. The van der Waals surface area contributed by atoms with Gasteiger partial charge in [-0.3, -0.25) is 4.79 Å². The summed E-state index contributed by atoms with van der Waals surface area (Å²) in [4.78, 5) is 24.1. The van der Waals surface area contributed by atoms with Crippen LogP contribution in [0.4, 0.5) is 5.69 Å². The highest BCUT2D eigenvalue weighted by molar-refractivity contribution is 7.98. The zero-order chi connectivity index (χ0) is 18.5. The van der Waals surface area contributed by atoms with Crippen molar-refractivity contribution in [3.63, 3.8) is 0 Å².